The van der Waals surface area contributed by atoms with Gasteiger partial charge < -0.3 is 14.2 Å². The third-order valence-corrected chi connectivity index (χ3v) is 8.46. The van der Waals surface area contributed by atoms with Crippen molar-refractivity contribution in [2.24, 2.45) is 0 Å². The molecule has 2 atom stereocenters. The number of hydrogen-bond acceptors (Lipinski definition) is 9. The minimum absolute atomic E-state index is 0.0442. The third kappa shape index (κ3) is 7.80. The van der Waals surface area contributed by atoms with Gasteiger partial charge in [0.25, 0.3) is 25.9 Å². The summed E-state index contributed by atoms with van der Waals surface area (Å²) in [5.41, 5.74) is -1.55. The summed E-state index contributed by atoms with van der Waals surface area (Å²) < 4.78 is 136. The first-order chi connectivity index (χ1) is 20.2. The van der Waals surface area contributed by atoms with E-state index in [1.807, 2.05) is 0 Å². The molecular formula is C27H27F4NO9S2. The van der Waals surface area contributed by atoms with Crippen molar-refractivity contribution in [3.63, 3.8) is 0 Å². The van der Waals surface area contributed by atoms with Crippen LogP contribution in [0.4, 0.5) is 23.2 Å². The van der Waals surface area contributed by atoms with Crippen LogP contribution in [0.15, 0.2) is 40.1 Å². The Morgan fingerprint density at radius 1 is 0.767 bits per heavy atom. The Bertz CT molecular complexity index is 1730. The fraction of sp³-hybridized carbons (Fsp3) is 0.370. The van der Waals surface area contributed by atoms with E-state index < -0.39 is 82.7 Å². The van der Waals surface area contributed by atoms with Crippen LogP contribution in [0.3, 0.4) is 0 Å². The minimum Gasteiger partial charge on any atom is -0.450 e. The maximum atomic E-state index is 14.7. The number of fused-ring (bicyclic) bond motifs is 1. The molecule has 3 aromatic rings. The van der Waals surface area contributed by atoms with Crippen LogP contribution in [0.25, 0.3) is 15.6 Å². The molecule has 0 aliphatic heterocycles. The number of hydrogen-bond donors (Lipinski definition) is 0. The fourth-order valence-electron chi connectivity index (χ4n) is 3.74. The van der Waals surface area contributed by atoms with Gasteiger partial charge in [0, 0.05) is 24.7 Å². The Morgan fingerprint density at radius 3 is 1.74 bits per heavy atom. The van der Waals surface area contributed by atoms with Crippen molar-refractivity contribution >= 4 is 36.7 Å². The molecule has 0 aliphatic carbocycles. The molecule has 3 rings (SSSR count). The van der Waals surface area contributed by atoms with Crippen LogP contribution in [0, 0.1) is 29.8 Å². The number of nitrogens with zero attached hydrogens (tertiary/aromatic N) is 1. The maximum absolute atomic E-state index is 14.7. The lowest BCUT2D eigenvalue weighted by atomic mass is 10.1. The average molecular weight is 650 g/mol. The molecule has 2 unspecified atom stereocenters. The van der Waals surface area contributed by atoms with Crippen molar-refractivity contribution in [2.45, 2.75) is 49.7 Å². The van der Waals surface area contributed by atoms with Gasteiger partial charge in [0.2, 0.25) is 5.75 Å². The van der Waals surface area contributed by atoms with Crippen LogP contribution in [-0.2, 0) is 38.1 Å². The maximum Gasteiger partial charge on any atom is 0.297 e. The van der Waals surface area contributed by atoms with Gasteiger partial charge in [-0.05, 0) is 57.3 Å². The zero-order chi connectivity index (χ0) is 32.1. The Morgan fingerprint density at radius 2 is 1.26 bits per heavy atom. The standard InChI is InChI=1S/C27H27F4NO9S2/c1-6-37-13-15(3)40-42(33,34)18-8-9-20-17(10-18)11-19(43(35,36)41-16(4)14-38-7-2)12-21(20)39-27-24(30)22(28)26(32-5)23(29)25(27)31/h8-12,15-16H,6-7,13-14H2,1-4H3. The highest BCUT2D eigenvalue weighted by atomic mass is 32.2. The topological polar surface area (TPSA) is 119 Å². The van der Waals surface area contributed by atoms with E-state index in [1.54, 1.807) is 13.8 Å². The molecule has 3 aromatic carbocycles. The molecule has 10 nitrogen and oxygen atoms in total. The van der Waals surface area contributed by atoms with Crippen LogP contribution < -0.4 is 4.74 Å². The van der Waals surface area contributed by atoms with Gasteiger partial charge >= 0.3 is 0 Å². The molecule has 0 aromatic heterocycles. The molecule has 16 heteroatoms. The zero-order valence-corrected chi connectivity index (χ0v) is 25.0. The lowest BCUT2D eigenvalue weighted by Crippen LogP contribution is -2.21. The van der Waals surface area contributed by atoms with Gasteiger partial charge in [-0.1, -0.05) is 0 Å². The molecule has 0 spiro atoms. The van der Waals surface area contributed by atoms with Crippen molar-refractivity contribution in [1.29, 1.82) is 0 Å². The minimum atomic E-state index is -4.65. The first-order valence-corrected chi connectivity index (χ1v) is 15.5. The van der Waals surface area contributed by atoms with E-state index in [0.717, 1.165) is 30.3 Å². The van der Waals surface area contributed by atoms with Gasteiger partial charge in [-0.15, -0.1) is 0 Å². The largest absolute Gasteiger partial charge is 0.450 e. The van der Waals surface area contributed by atoms with Crippen molar-refractivity contribution in [3.8, 4) is 11.5 Å². The van der Waals surface area contributed by atoms with Crippen LogP contribution in [0.5, 0.6) is 11.5 Å². The van der Waals surface area contributed by atoms with Gasteiger partial charge in [0.15, 0.2) is 23.3 Å². The summed E-state index contributed by atoms with van der Waals surface area (Å²) in [6.07, 6.45) is -1.88. The van der Waals surface area contributed by atoms with Crippen molar-refractivity contribution in [3.05, 3.63) is 65.0 Å². The molecule has 0 fully saturated rings. The third-order valence-electron chi connectivity index (χ3n) is 5.66. The predicted molar refractivity (Wildman–Crippen MR) is 145 cm³/mol. The number of benzene rings is 3. The summed E-state index contributed by atoms with van der Waals surface area (Å²) in [6.45, 7) is 13.4. The van der Waals surface area contributed by atoms with Gasteiger partial charge in [0.05, 0.1) is 41.8 Å². The molecule has 0 amide bonds. The van der Waals surface area contributed by atoms with E-state index in [9.17, 15) is 34.4 Å². The van der Waals surface area contributed by atoms with Crippen LogP contribution in [0.2, 0.25) is 0 Å². The summed E-state index contributed by atoms with van der Waals surface area (Å²) in [6, 6.07) is 4.94. The monoisotopic (exact) mass is 649 g/mol. The van der Waals surface area contributed by atoms with Crippen LogP contribution in [-0.4, -0.2) is 55.5 Å². The van der Waals surface area contributed by atoms with E-state index in [2.05, 4.69) is 4.85 Å². The lowest BCUT2D eigenvalue weighted by molar-refractivity contribution is 0.0689. The van der Waals surface area contributed by atoms with E-state index in [4.69, 9.17) is 29.1 Å². The highest BCUT2D eigenvalue weighted by Crippen LogP contribution is 2.40. The number of halogens is 4. The first kappa shape index (κ1) is 34.2. The Balaban J connectivity index is 2.21. The number of rotatable bonds is 14. The second kappa shape index (κ2) is 14.0. The summed E-state index contributed by atoms with van der Waals surface area (Å²) in [5.74, 6) is -10.4. The molecule has 0 aliphatic rings. The summed E-state index contributed by atoms with van der Waals surface area (Å²) in [7, 11) is -9.08. The zero-order valence-electron chi connectivity index (χ0n) is 23.3. The average Bonchev–Trinajstić information content (AvgIpc) is 2.95. The van der Waals surface area contributed by atoms with Crippen LogP contribution >= 0.6 is 0 Å². The van der Waals surface area contributed by atoms with Gasteiger partial charge in [-0.3, -0.25) is 8.37 Å². The van der Waals surface area contributed by atoms with Crippen molar-refractivity contribution < 1.29 is 57.0 Å². The molecule has 0 radical (unpaired) electrons. The summed E-state index contributed by atoms with van der Waals surface area (Å²) in [5, 5.41) is -0.268. The Kier molecular flexibility index (Phi) is 11.1. The lowest BCUT2D eigenvalue weighted by Gasteiger charge is -2.17. The van der Waals surface area contributed by atoms with Crippen molar-refractivity contribution in [1.82, 2.24) is 0 Å². The molecule has 0 saturated carbocycles. The predicted octanol–water partition coefficient (Wildman–Crippen LogP) is 6.00. The summed E-state index contributed by atoms with van der Waals surface area (Å²) >= 11 is 0. The first-order valence-electron chi connectivity index (χ1n) is 12.7. The normalized spacial score (nSPS) is 13.6. The van der Waals surface area contributed by atoms with E-state index >= 15 is 0 Å². The second-order valence-corrected chi connectivity index (χ2v) is 12.1. The van der Waals surface area contributed by atoms with E-state index in [0.29, 0.717) is 6.61 Å². The van der Waals surface area contributed by atoms with E-state index in [1.165, 1.54) is 13.8 Å². The van der Waals surface area contributed by atoms with Crippen LogP contribution in [0.1, 0.15) is 27.7 Å². The molecule has 0 saturated heterocycles. The van der Waals surface area contributed by atoms with Crippen molar-refractivity contribution in [2.75, 3.05) is 26.4 Å². The molecule has 0 N–H and O–H groups in total. The summed E-state index contributed by atoms with van der Waals surface area (Å²) in [4.78, 5) is 1.36. The van der Waals surface area contributed by atoms with Gasteiger partial charge in [-0.2, -0.15) is 16.8 Å². The fourth-order valence-corrected chi connectivity index (χ4v) is 5.96. The molecule has 234 valence electrons. The van der Waals surface area contributed by atoms with E-state index in [-0.39, 0.29) is 30.6 Å². The highest BCUT2D eigenvalue weighted by molar-refractivity contribution is 7.87. The Labute approximate surface area is 246 Å². The number of ether oxygens (including phenoxy) is 3. The molecule has 43 heavy (non-hydrogen) atoms. The molecule has 0 bridgehead atoms. The SMILES string of the molecule is [C-]#[N+]c1c(F)c(F)c(Oc2cc(S(=O)(=O)OC(C)COCC)cc3cc(S(=O)(=O)OC(C)COCC)ccc23)c(F)c1F. The molecular weight excluding hydrogens is 622 g/mol. The smallest absolute Gasteiger partial charge is 0.297 e. The van der Waals surface area contributed by atoms with Gasteiger partial charge in [-0.25, -0.2) is 22.4 Å². The Hall–Kier alpha value is -3.33. The quantitative estimate of drug-likeness (QED) is 0.0897. The molecule has 0 heterocycles. The van der Waals surface area contributed by atoms with Gasteiger partial charge in [0.1, 0.15) is 5.75 Å². The highest BCUT2D eigenvalue weighted by Gasteiger charge is 2.29. The second-order valence-electron chi connectivity index (χ2n) is 8.99.